The summed E-state index contributed by atoms with van der Waals surface area (Å²) in [5, 5.41) is 0. The average molecular weight is 313 g/mol. The highest BCUT2D eigenvalue weighted by molar-refractivity contribution is 9.10. The third-order valence-electron chi connectivity index (χ3n) is 3.43. The number of hydrogen-bond acceptors (Lipinski definition) is 3. The van der Waals surface area contributed by atoms with Crippen LogP contribution < -0.4 is 4.74 Å². The molecule has 0 unspecified atom stereocenters. The Bertz CT molecular complexity index is 397. The van der Waals surface area contributed by atoms with Crippen LogP contribution in [0.15, 0.2) is 22.7 Å². The molecule has 18 heavy (non-hydrogen) atoms. The zero-order valence-corrected chi connectivity index (χ0v) is 12.7. The normalized spacial score (nSPS) is 18.6. The Balaban J connectivity index is 1.98. The molecule has 0 saturated carbocycles. The summed E-state index contributed by atoms with van der Waals surface area (Å²) in [5.74, 6) is 0.898. The molecular weight excluding hydrogens is 292 g/mol. The molecule has 0 bridgehead atoms. The molecule has 2 rings (SSSR count). The van der Waals surface area contributed by atoms with E-state index in [4.69, 9.17) is 4.74 Å². The lowest BCUT2D eigenvalue weighted by molar-refractivity contribution is 0.269. The molecule has 1 saturated heterocycles. The average Bonchev–Trinajstić information content (AvgIpc) is 2.55. The molecule has 0 aliphatic carbocycles. The molecule has 0 spiro atoms. The van der Waals surface area contributed by atoms with Crippen molar-refractivity contribution in [3.05, 3.63) is 28.2 Å². The minimum absolute atomic E-state index is 0.898. The van der Waals surface area contributed by atoms with E-state index in [2.05, 4.69) is 44.9 Å². The molecule has 1 aromatic rings. The minimum atomic E-state index is 0.898. The summed E-state index contributed by atoms with van der Waals surface area (Å²) in [6.45, 7) is 5.74. The highest BCUT2D eigenvalue weighted by Crippen LogP contribution is 2.26. The molecule has 1 fully saturated rings. The van der Waals surface area contributed by atoms with Crippen molar-refractivity contribution in [3.8, 4) is 5.75 Å². The topological polar surface area (TPSA) is 15.7 Å². The van der Waals surface area contributed by atoms with Gasteiger partial charge in [0.05, 0.1) is 11.6 Å². The molecule has 0 aromatic heterocycles. The number of benzene rings is 1. The Labute approximate surface area is 118 Å². The first kappa shape index (κ1) is 13.8. The van der Waals surface area contributed by atoms with Gasteiger partial charge in [-0.25, -0.2) is 0 Å². The second-order valence-corrected chi connectivity index (χ2v) is 5.76. The molecule has 100 valence electrons. The van der Waals surface area contributed by atoms with Crippen molar-refractivity contribution in [2.45, 2.75) is 13.0 Å². The summed E-state index contributed by atoms with van der Waals surface area (Å²) in [6, 6.07) is 6.34. The van der Waals surface area contributed by atoms with Crippen LogP contribution in [0.4, 0.5) is 0 Å². The monoisotopic (exact) mass is 312 g/mol. The van der Waals surface area contributed by atoms with E-state index >= 15 is 0 Å². The Hall–Kier alpha value is -0.580. The lowest BCUT2D eigenvalue weighted by Gasteiger charge is -2.20. The zero-order chi connectivity index (χ0) is 13.0. The fourth-order valence-corrected chi connectivity index (χ4v) is 2.91. The van der Waals surface area contributed by atoms with Crippen LogP contribution in [-0.2, 0) is 6.54 Å². The summed E-state index contributed by atoms with van der Waals surface area (Å²) in [7, 11) is 3.90. The first-order valence-corrected chi connectivity index (χ1v) is 7.21. The molecule has 1 aliphatic heterocycles. The van der Waals surface area contributed by atoms with Gasteiger partial charge in [-0.05, 0) is 60.2 Å². The van der Waals surface area contributed by atoms with Crippen molar-refractivity contribution in [1.29, 1.82) is 0 Å². The molecule has 1 aliphatic rings. The summed E-state index contributed by atoms with van der Waals surface area (Å²) in [5.41, 5.74) is 1.34. The van der Waals surface area contributed by atoms with E-state index in [1.165, 1.54) is 25.1 Å². The van der Waals surface area contributed by atoms with Crippen molar-refractivity contribution in [2.24, 2.45) is 0 Å². The number of rotatable bonds is 3. The second kappa shape index (κ2) is 6.55. The standard InChI is InChI=1S/C14H21BrN2O/c1-16-6-3-7-17(9-8-16)11-12-4-5-14(18-2)13(15)10-12/h4-5,10H,3,6-9,11H2,1-2H3. The molecule has 0 amide bonds. The van der Waals surface area contributed by atoms with Crippen molar-refractivity contribution in [2.75, 3.05) is 40.3 Å². The van der Waals surface area contributed by atoms with E-state index in [1.54, 1.807) is 7.11 Å². The van der Waals surface area contributed by atoms with E-state index in [0.717, 1.165) is 29.9 Å². The van der Waals surface area contributed by atoms with Crippen molar-refractivity contribution in [1.82, 2.24) is 9.80 Å². The zero-order valence-electron chi connectivity index (χ0n) is 11.2. The summed E-state index contributed by atoms with van der Waals surface area (Å²) in [4.78, 5) is 4.93. The SMILES string of the molecule is COc1ccc(CN2CCCN(C)CC2)cc1Br. The summed E-state index contributed by atoms with van der Waals surface area (Å²) in [6.07, 6.45) is 1.26. The first-order valence-electron chi connectivity index (χ1n) is 6.42. The molecule has 4 heteroatoms. The number of methoxy groups -OCH3 is 1. The van der Waals surface area contributed by atoms with E-state index < -0.39 is 0 Å². The highest BCUT2D eigenvalue weighted by atomic mass is 79.9. The van der Waals surface area contributed by atoms with Crippen LogP contribution in [0.5, 0.6) is 5.75 Å². The lowest BCUT2D eigenvalue weighted by Crippen LogP contribution is -2.28. The van der Waals surface area contributed by atoms with Gasteiger partial charge in [-0.2, -0.15) is 0 Å². The van der Waals surface area contributed by atoms with Gasteiger partial charge in [-0.15, -0.1) is 0 Å². The van der Waals surface area contributed by atoms with E-state index in [1.807, 2.05) is 6.07 Å². The quantitative estimate of drug-likeness (QED) is 0.853. The highest BCUT2D eigenvalue weighted by Gasteiger charge is 2.12. The Kier molecular flexibility index (Phi) is 5.03. The Morgan fingerprint density at radius 1 is 1.22 bits per heavy atom. The maximum Gasteiger partial charge on any atom is 0.133 e. The Morgan fingerprint density at radius 2 is 2.06 bits per heavy atom. The van der Waals surface area contributed by atoms with Gasteiger partial charge in [0, 0.05) is 19.6 Å². The molecule has 0 atom stereocenters. The van der Waals surface area contributed by atoms with E-state index in [0.29, 0.717) is 0 Å². The largest absolute Gasteiger partial charge is 0.496 e. The van der Waals surface area contributed by atoms with E-state index in [9.17, 15) is 0 Å². The maximum absolute atomic E-state index is 5.26. The molecular formula is C14H21BrN2O. The minimum Gasteiger partial charge on any atom is -0.496 e. The number of hydrogen-bond donors (Lipinski definition) is 0. The molecule has 1 aromatic carbocycles. The van der Waals surface area contributed by atoms with Crippen LogP contribution in [-0.4, -0.2) is 50.1 Å². The smallest absolute Gasteiger partial charge is 0.133 e. The predicted octanol–water partition coefficient (Wildman–Crippen LogP) is 2.60. The predicted molar refractivity (Wildman–Crippen MR) is 78.1 cm³/mol. The van der Waals surface area contributed by atoms with Crippen molar-refractivity contribution in [3.63, 3.8) is 0 Å². The third-order valence-corrected chi connectivity index (χ3v) is 4.05. The van der Waals surface area contributed by atoms with Crippen LogP contribution in [0.25, 0.3) is 0 Å². The van der Waals surface area contributed by atoms with Gasteiger partial charge in [0.25, 0.3) is 0 Å². The number of halogens is 1. The summed E-state index contributed by atoms with van der Waals surface area (Å²) < 4.78 is 6.29. The molecule has 0 radical (unpaired) electrons. The first-order chi connectivity index (χ1) is 8.69. The number of nitrogens with zero attached hydrogens (tertiary/aromatic N) is 2. The molecule has 0 N–H and O–H groups in total. The van der Waals surface area contributed by atoms with Gasteiger partial charge in [0.15, 0.2) is 0 Å². The fourth-order valence-electron chi connectivity index (χ4n) is 2.32. The fraction of sp³-hybridized carbons (Fsp3) is 0.571. The van der Waals surface area contributed by atoms with Crippen molar-refractivity contribution < 1.29 is 4.74 Å². The Morgan fingerprint density at radius 3 is 2.78 bits per heavy atom. The van der Waals surface area contributed by atoms with Gasteiger partial charge < -0.3 is 9.64 Å². The van der Waals surface area contributed by atoms with Gasteiger partial charge in [0.2, 0.25) is 0 Å². The van der Waals surface area contributed by atoms with E-state index in [-0.39, 0.29) is 0 Å². The van der Waals surface area contributed by atoms with Crippen molar-refractivity contribution >= 4 is 15.9 Å². The van der Waals surface area contributed by atoms with Gasteiger partial charge in [-0.3, -0.25) is 4.90 Å². The van der Waals surface area contributed by atoms with Gasteiger partial charge in [0.1, 0.15) is 5.75 Å². The molecule has 3 nitrogen and oxygen atoms in total. The van der Waals surface area contributed by atoms with Crippen LogP contribution in [0, 0.1) is 0 Å². The van der Waals surface area contributed by atoms with Gasteiger partial charge >= 0.3 is 0 Å². The molecule has 1 heterocycles. The number of likely N-dealkylation sites (N-methyl/N-ethyl adjacent to an activating group) is 1. The van der Waals surface area contributed by atoms with Crippen LogP contribution >= 0.6 is 15.9 Å². The number of ether oxygens (including phenoxy) is 1. The van der Waals surface area contributed by atoms with Crippen LogP contribution in [0.2, 0.25) is 0 Å². The summed E-state index contributed by atoms with van der Waals surface area (Å²) >= 11 is 3.55. The maximum atomic E-state index is 5.26. The third kappa shape index (κ3) is 3.70. The van der Waals surface area contributed by atoms with Crippen LogP contribution in [0.3, 0.4) is 0 Å². The lowest BCUT2D eigenvalue weighted by atomic mass is 10.2. The van der Waals surface area contributed by atoms with Gasteiger partial charge in [-0.1, -0.05) is 6.07 Å². The second-order valence-electron chi connectivity index (χ2n) is 4.90. The van der Waals surface area contributed by atoms with Crippen LogP contribution in [0.1, 0.15) is 12.0 Å².